The average Bonchev–Trinajstić information content (AvgIpc) is 2.77. The van der Waals surface area contributed by atoms with Crippen molar-refractivity contribution in [2.24, 2.45) is 5.73 Å². The minimum absolute atomic E-state index is 0.0879. The molecule has 0 aromatic heterocycles. The molecule has 0 saturated carbocycles. The van der Waals surface area contributed by atoms with Gasteiger partial charge in [0.05, 0.1) is 0 Å². The molecule has 1 atom stereocenters. The number of carbonyl (C=O) groups is 3. The topological polar surface area (TPSA) is 105 Å². The van der Waals surface area contributed by atoms with E-state index in [1.807, 2.05) is 0 Å². The number of nitrogens with zero attached hydrogens (tertiary/aromatic N) is 2. The van der Waals surface area contributed by atoms with E-state index in [0.717, 1.165) is 6.07 Å². The van der Waals surface area contributed by atoms with E-state index in [4.69, 9.17) is 10.5 Å². The number of amides is 3. The Bertz CT molecular complexity index is 909. The highest BCUT2D eigenvalue weighted by atomic mass is 19.1. The molecule has 1 heterocycles. The molecule has 30 heavy (non-hydrogen) atoms. The first-order valence-electron chi connectivity index (χ1n) is 9.59. The predicted molar refractivity (Wildman–Crippen MR) is 107 cm³/mol. The third kappa shape index (κ3) is 4.93. The lowest BCUT2D eigenvalue weighted by atomic mass is 10.1. The van der Waals surface area contributed by atoms with Gasteiger partial charge in [-0.05, 0) is 36.8 Å². The molecule has 3 amide bonds. The van der Waals surface area contributed by atoms with Gasteiger partial charge in [0.1, 0.15) is 11.6 Å². The van der Waals surface area contributed by atoms with Crippen molar-refractivity contribution in [1.29, 1.82) is 0 Å². The molecule has 1 aliphatic rings. The molecule has 0 radical (unpaired) electrons. The normalized spacial score (nSPS) is 16.1. The van der Waals surface area contributed by atoms with Crippen LogP contribution in [0, 0.1) is 5.82 Å². The highest BCUT2D eigenvalue weighted by Crippen LogP contribution is 2.21. The van der Waals surface area contributed by atoms with Gasteiger partial charge in [-0.25, -0.2) is 9.18 Å². The Balaban J connectivity index is 1.88. The van der Waals surface area contributed by atoms with E-state index in [2.05, 4.69) is 5.32 Å². The van der Waals surface area contributed by atoms with Crippen LogP contribution in [0.2, 0.25) is 0 Å². The Labute approximate surface area is 173 Å². The molecular weight excluding hydrogens is 391 g/mol. The summed E-state index contributed by atoms with van der Waals surface area (Å²) >= 11 is 0. The molecule has 2 aromatic carbocycles. The van der Waals surface area contributed by atoms with Gasteiger partial charge in [-0.2, -0.15) is 0 Å². The molecule has 0 aliphatic carbocycles. The van der Waals surface area contributed by atoms with Crippen molar-refractivity contribution in [3.05, 3.63) is 66.0 Å². The SMILES string of the molecule is NCCNC(=O)C1N(C(=O)Oc2ccccc2)CCCN1C(=O)c1cccc(F)c1. The molecule has 158 valence electrons. The summed E-state index contributed by atoms with van der Waals surface area (Å²) in [6.07, 6.45) is -1.56. The van der Waals surface area contributed by atoms with Gasteiger partial charge in [0, 0.05) is 31.7 Å². The van der Waals surface area contributed by atoms with Crippen molar-refractivity contribution in [1.82, 2.24) is 15.1 Å². The number of benzene rings is 2. The first-order chi connectivity index (χ1) is 14.5. The van der Waals surface area contributed by atoms with Crippen LogP contribution in [-0.4, -0.2) is 60.1 Å². The smallest absolute Gasteiger partial charge is 0.410 e. The van der Waals surface area contributed by atoms with E-state index in [9.17, 15) is 18.8 Å². The number of hydrogen-bond donors (Lipinski definition) is 2. The zero-order valence-electron chi connectivity index (χ0n) is 16.3. The van der Waals surface area contributed by atoms with Gasteiger partial charge in [-0.1, -0.05) is 24.3 Å². The second-order valence-corrected chi connectivity index (χ2v) is 6.69. The Morgan fingerprint density at radius 3 is 2.50 bits per heavy atom. The molecule has 0 bridgehead atoms. The highest BCUT2D eigenvalue weighted by molar-refractivity contribution is 5.98. The van der Waals surface area contributed by atoms with Gasteiger partial charge in [0.15, 0.2) is 6.17 Å². The standard InChI is InChI=1S/C21H23FN4O4/c22-16-7-4-6-15(14-16)20(28)25-12-5-13-26(19(25)18(27)24-11-10-23)21(29)30-17-8-2-1-3-9-17/h1-4,6-9,14,19H,5,10-13,23H2,(H,24,27). The summed E-state index contributed by atoms with van der Waals surface area (Å²) in [6.45, 7) is 0.828. The average molecular weight is 414 g/mol. The summed E-state index contributed by atoms with van der Waals surface area (Å²) in [6, 6.07) is 13.6. The summed E-state index contributed by atoms with van der Waals surface area (Å²) in [5, 5.41) is 2.62. The van der Waals surface area contributed by atoms with Crippen LogP contribution in [0.4, 0.5) is 9.18 Å². The molecule has 3 rings (SSSR count). The summed E-state index contributed by atoms with van der Waals surface area (Å²) in [5.41, 5.74) is 5.55. The van der Waals surface area contributed by atoms with Gasteiger partial charge in [0.2, 0.25) is 0 Å². The van der Waals surface area contributed by atoms with Crippen molar-refractivity contribution in [3.8, 4) is 5.75 Å². The molecule has 0 spiro atoms. The molecule has 3 N–H and O–H groups in total. The minimum Gasteiger partial charge on any atom is -0.410 e. The molecular formula is C21H23FN4O4. The third-order valence-corrected chi connectivity index (χ3v) is 4.58. The van der Waals surface area contributed by atoms with Crippen LogP contribution in [0.3, 0.4) is 0 Å². The van der Waals surface area contributed by atoms with E-state index in [-0.39, 0.29) is 31.7 Å². The largest absolute Gasteiger partial charge is 0.417 e. The maximum absolute atomic E-state index is 13.6. The minimum atomic E-state index is -1.24. The molecule has 1 aliphatic heterocycles. The molecule has 1 fully saturated rings. The number of ether oxygens (including phenoxy) is 1. The van der Waals surface area contributed by atoms with Crippen LogP contribution < -0.4 is 15.8 Å². The second-order valence-electron chi connectivity index (χ2n) is 6.69. The molecule has 2 aromatic rings. The van der Waals surface area contributed by atoms with Crippen LogP contribution in [0.25, 0.3) is 0 Å². The first kappa shape index (κ1) is 21.3. The van der Waals surface area contributed by atoms with Crippen molar-refractivity contribution in [2.75, 3.05) is 26.2 Å². The van der Waals surface area contributed by atoms with Crippen LogP contribution in [0.15, 0.2) is 54.6 Å². The van der Waals surface area contributed by atoms with E-state index in [1.165, 1.54) is 28.0 Å². The number of nitrogens with one attached hydrogen (secondary N) is 1. The summed E-state index contributed by atoms with van der Waals surface area (Å²) in [4.78, 5) is 41.2. The van der Waals surface area contributed by atoms with Gasteiger partial charge in [-0.3, -0.25) is 14.5 Å². The summed E-state index contributed by atoms with van der Waals surface area (Å²) in [7, 11) is 0. The fourth-order valence-electron chi connectivity index (χ4n) is 3.23. The molecule has 8 nitrogen and oxygen atoms in total. The maximum atomic E-state index is 13.6. The Kier molecular flexibility index (Phi) is 6.97. The van der Waals surface area contributed by atoms with Crippen LogP contribution in [0.1, 0.15) is 16.8 Å². The van der Waals surface area contributed by atoms with E-state index in [1.54, 1.807) is 30.3 Å². The summed E-state index contributed by atoms with van der Waals surface area (Å²) in [5.74, 6) is -1.37. The molecule has 1 unspecified atom stereocenters. The zero-order valence-corrected chi connectivity index (χ0v) is 16.3. The maximum Gasteiger partial charge on any atom is 0.417 e. The lowest BCUT2D eigenvalue weighted by Gasteiger charge is -2.41. The Hall–Kier alpha value is -3.46. The van der Waals surface area contributed by atoms with Crippen LogP contribution >= 0.6 is 0 Å². The Morgan fingerprint density at radius 1 is 1.07 bits per heavy atom. The monoisotopic (exact) mass is 414 g/mol. The lowest BCUT2D eigenvalue weighted by molar-refractivity contribution is -0.132. The van der Waals surface area contributed by atoms with Crippen molar-refractivity contribution < 1.29 is 23.5 Å². The van der Waals surface area contributed by atoms with Gasteiger partial charge < -0.3 is 20.7 Å². The number of nitrogens with two attached hydrogens (primary N) is 1. The van der Waals surface area contributed by atoms with E-state index < -0.39 is 29.9 Å². The third-order valence-electron chi connectivity index (χ3n) is 4.58. The molecule has 9 heteroatoms. The second kappa shape index (κ2) is 9.84. The first-order valence-corrected chi connectivity index (χ1v) is 9.59. The lowest BCUT2D eigenvalue weighted by Crippen LogP contribution is -2.64. The van der Waals surface area contributed by atoms with Crippen molar-refractivity contribution in [2.45, 2.75) is 12.6 Å². The van der Waals surface area contributed by atoms with Gasteiger partial charge >= 0.3 is 6.09 Å². The fourth-order valence-corrected chi connectivity index (χ4v) is 3.23. The summed E-state index contributed by atoms with van der Waals surface area (Å²) < 4.78 is 19.0. The van der Waals surface area contributed by atoms with Gasteiger partial charge in [-0.15, -0.1) is 0 Å². The quantitative estimate of drug-likeness (QED) is 0.773. The fraction of sp³-hybridized carbons (Fsp3) is 0.286. The molecule has 1 saturated heterocycles. The van der Waals surface area contributed by atoms with Crippen LogP contribution in [0.5, 0.6) is 5.75 Å². The number of para-hydroxylation sites is 1. The van der Waals surface area contributed by atoms with Crippen molar-refractivity contribution in [3.63, 3.8) is 0 Å². The highest BCUT2D eigenvalue weighted by Gasteiger charge is 2.41. The predicted octanol–water partition coefficient (Wildman–Crippen LogP) is 1.57. The number of hydrogen-bond acceptors (Lipinski definition) is 5. The van der Waals surface area contributed by atoms with E-state index >= 15 is 0 Å². The van der Waals surface area contributed by atoms with Crippen molar-refractivity contribution >= 4 is 17.9 Å². The number of halogens is 1. The van der Waals surface area contributed by atoms with Gasteiger partial charge in [0.25, 0.3) is 11.8 Å². The van der Waals surface area contributed by atoms with E-state index in [0.29, 0.717) is 12.2 Å². The van der Waals surface area contributed by atoms with Crippen LogP contribution in [-0.2, 0) is 4.79 Å². The Morgan fingerprint density at radius 2 is 1.80 bits per heavy atom. The number of rotatable bonds is 5. The number of carbonyl (C=O) groups excluding carboxylic acids is 3. The zero-order chi connectivity index (χ0) is 21.5.